The van der Waals surface area contributed by atoms with Crippen molar-refractivity contribution in [3.8, 4) is 11.4 Å². The molecule has 0 saturated carbocycles. The molecule has 7 heteroatoms. The minimum Gasteiger partial charge on any atom is -0.494 e. The number of hydrogen-bond donors (Lipinski definition) is 0. The lowest BCUT2D eigenvalue weighted by atomic mass is 10.2. The maximum atomic E-state index is 11.1. The Morgan fingerprint density at radius 2 is 2.00 bits per heavy atom. The Morgan fingerprint density at radius 1 is 1.33 bits per heavy atom. The summed E-state index contributed by atoms with van der Waals surface area (Å²) in [6.45, 7) is 4.42. The summed E-state index contributed by atoms with van der Waals surface area (Å²) in [6, 6.07) is 7.09. The molecule has 1 aromatic carbocycles. The third kappa shape index (κ3) is 3.16. The first-order valence-electron chi connectivity index (χ1n) is 6.73. The predicted molar refractivity (Wildman–Crippen MR) is 80.4 cm³/mol. The van der Waals surface area contributed by atoms with Gasteiger partial charge in [-0.15, -0.1) is 0 Å². The minimum atomic E-state index is -0.481. The van der Waals surface area contributed by atoms with E-state index in [4.69, 9.17) is 16.3 Å². The first-order valence-corrected chi connectivity index (χ1v) is 7.11. The van der Waals surface area contributed by atoms with Crippen molar-refractivity contribution >= 4 is 17.3 Å². The van der Waals surface area contributed by atoms with Gasteiger partial charge < -0.3 is 4.74 Å². The van der Waals surface area contributed by atoms with E-state index in [-0.39, 0.29) is 10.8 Å². The summed E-state index contributed by atoms with van der Waals surface area (Å²) in [6.07, 6.45) is 1.28. The van der Waals surface area contributed by atoms with E-state index in [1.165, 1.54) is 4.68 Å². The van der Waals surface area contributed by atoms with Gasteiger partial charge in [0.25, 0.3) is 0 Å². The topological polar surface area (TPSA) is 70.2 Å². The Labute approximate surface area is 127 Å². The molecule has 1 heterocycles. The Morgan fingerprint density at radius 3 is 2.52 bits per heavy atom. The Bertz CT molecular complexity index is 638. The minimum absolute atomic E-state index is 0.0209. The van der Waals surface area contributed by atoms with Crippen molar-refractivity contribution in [1.82, 2.24) is 9.78 Å². The van der Waals surface area contributed by atoms with E-state index in [0.717, 1.165) is 12.2 Å². The van der Waals surface area contributed by atoms with Crippen molar-refractivity contribution in [1.29, 1.82) is 0 Å². The van der Waals surface area contributed by atoms with Gasteiger partial charge in [0.1, 0.15) is 11.4 Å². The van der Waals surface area contributed by atoms with E-state index in [9.17, 15) is 10.1 Å². The van der Waals surface area contributed by atoms with Crippen LogP contribution in [0.15, 0.2) is 24.3 Å². The van der Waals surface area contributed by atoms with E-state index >= 15 is 0 Å². The molecule has 0 unspecified atom stereocenters. The molecule has 0 aliphatic carbocycles. The van der Waals surface area contributed by atoms with Crippen LogP contribution < -0.4 is 4.74 Å². The predicted octanol–water partition coefficient (Wildman–Crippen LogP) is 3.79. The maximum absolute atomic E-state index is 11.1. The van der Waals surface area contributed by atoms with E-state index < -0.39 is 4.92 Å². The largest absolute Gasteiger partial charge is 0.494 e. The van der Waals surface area contributed by atoms with Crippen LogP contribution in [-0.4, -0.2) is 21.3 Å². The molecule has 0 atom stereocenters. The quantitative estimate of drug-likeness (QED) is 0.601. The smallest absolute Gasteiger partial charge is 0.329 e. The molecule has 0 amide bonds. The summed E-state index contributed by atoms with van der Waals surface area (Å²) in [4.78, 5) is 10.7. The molecule has 0 saturated heterocycles. The molecule has 0 aliphatic rings. The molecular weight excluding hydrogens is 294 g/mol. The standard InChI is InChI=1S/C14H16ClN3O3/c1-3-5-12-13(18(19)20)14(15)17(16-12)10-6-8-11(9-7-10)21-4-2/h6-9H,3-5H2,1-2H3. The highest BCUT2D eigenvalue weighted by Gasteiger charge is 2.26. The zero-order chi connectivity index (χ0) is 15.4. The van der Waals surface area contributed by atoms with Crippen LogP contribution in [0, 0.1) is 10.1 Å². The van der Waals surface area contributed by atoms with Crippen LogP contribution in [0.5, 0.6) is 5.75 Å². The second-order valence-electron chi connectivity index (χ2n) is 4.43. The van der Waals surface area contributed by atoms with E-state index in [0.29, 0.717) is 24.4 Å². The summed E-state index contributed by atoms with van der Waals surface area (Å²) in [7, 11) is 0. The fourth-order valence-electron chi connectivity index (χ4n) is 2.04. The number of nitro groups is 1. The second kappa shape index (κ2) is 6.58. The molecule has 21 heavy (non-hydrogen) atoms. The molecular formula is C14H16ClN3O3. The number of halogens is 1. The summed E-state index contributed by atoms with van der Waals surface area (Å²) in [5.74, 6) is 0.729. The average Bonchev–Trinajstić information content (AvgIpc) is 2.77. The summed E-state index contributed by atoms with van der Waals surface area (Å²) in [5.41, 5.74) is 0.947. The van der Waals surface area contributed by atoms with Crippen molar-refractivity contribution in [2.24, 2.45) is 0 Å². The molecule has 0 aliphatic heterocycles. The van der Waals surface area contributed by atoms with Gasteiger partial charge in [-0.2, -0.15) is 5.10 Å². The monoisotopic (exact) mass is 309 g/mol. The van der Waals surface area contributed by atoms with Crippen LogP contribution >= 0.6 is 11.6 Å². The molecule has 0 radical (unpaired) electrons. The van der Waals surface area contributed by atoms with Gasteiger partial charge in [0.2, 0.25) is 5.15 Å². The molecule has 0 spiro atoms. The molecule has 6 nitrogen and oxygen atoms in total. The highest BCUT2D eigenvalue weighted by Crippen LogP contribution is 2.31. The Hall–Kier alpha value is -2.08. The highest BCUT2D eigenvalue weighted by molar-refractivity contribution is 6.32. The van der Waals surface area contributed by atoms with E-state index in [1.54, 1.807) is 24.3 Å². The molecule has 112 valence electrons. The lowest BCUT2D eigenvalue weighted by molar-refractivity contribution is -0.385. The third-order valence-corrected chi connectivity index (χ3v) is 3.28. The number of aryl methyl sites for hydroxylation is 1. The van der Waals surface area contributed by atoms with Gasteiger partial charge >= 0.3 is 5.69 Å². The van der Waals surface area contributed by atoms with Gasteiger partial charge in [0.15, 0.2) is 0 Å². The molecule has 2 aromatic rings. The normalized spacial score (nSPS) is 10.6. The van der Waals surface area contributed by atoms with Crippen LogP contribution in [0.2, 0.25) is 5.15 Å². The van der Waals surface area contributed by atoms with Crippen LogP contribution in [0.1, 0.15) is 26.0 Å². The molecule has 0 fully saturated rings. The second-order valence-corrected chi connectivity index (χ2v) is 4.79. The van der Waals surface area contributed by atoms with Gasteiger partial charge in [-0.25, -0.2) is 4.68 Å². The maximum Gasteiger partial charge on any atom is 0.329 e. The zero-order valence-corrected chi connectivity index (χ0v) is 12.6. The van der Waals surface area contributed by atoms with Gasteiger partial charge in [-0.1, -0.05) is 24.9 Å². The molecule has 2 rings (SSSR count). The van der Waals surface area contributed by atoms with E-state index in [2.05, 4.69) is 5.10 Å². The fraction of sp³-hybridized carbons (Fsp3) is 0.357. The number of benzene rings is 1. The lowest BCUT2D eigenvalue weighted by Crippen LogP contribution is -1.98. The van der Waals surface area contributed by atoms with Crippen molar-refractivity contribution in [2.75, 3.05) is 6.61 Å². The van der Waals surface area contributed by atoms with Crippen molar-refractivity contribution in [3.05, 3.63) is 45.2 Å². The van der Waals surface area contributed by atoms with Crippen LogP contribution in [0.3, 0.4) is 0 Å². The van der Waals surface area contributed by atoms with Gasteiger partial charge in [-0.05, 0) is 37.6 Å². The van der Waals surface area contributed by atoms with E-state index in [1.807, 2.05) is 13.8 Å². The summed E-state index contributed by atoms with van der Waals surface area (Å²) < 4.78 is 6.75. The van der Waals surface area contributed by atoms with Crippen LogP contribution in [0.25, 0.3) is 5.69 Å². The Balaban J connectivity index is 2.43. The van der Waals surface area contributed by atoms with Crippen molar-refractivity contribution < 1.29 is 9.66 Å². The van der Waals surface area contributed by atoms with Gasteiger partial charge in [0.05, 0.1) is 17.2 Å². The van der Waals surface area contributed by atoms with Crippen LogP contribution in [0.4, 0.5) is 5.69 Å². The first kappa shape index (κ1) is 15.3. The Kier molecular flexibility index (Phi) is 4.80. The molecule has 1 aromatic heterocycles. The fourth-order valence-corrected chi connectivity index (χ4v) is 2.35. The number of hydrogen-bond acceptors (Lipinski definition) is 4. The summed E-state index contributed by atoms with van der Waals surface area (Å²) in [5, 5.41) is 15.4. The van der Waals surface area contributed by atoms with Crippen LogP contribution in [-0.2, 0) is 6.42 Å². The van der Waals surface area contributed by atoms with Crippen molar-refractivity contribution in [3.63, 3.8) is 0 Å². The number of nitrogens with zero attached hydrogens (tertiary/aromatic N) is 3. The highest BCUT2D eigenvalue weighted by atomic mass is 35.5. The lowest BCUT2D eigenvalue weighted by Gasteiger charge is -2.05. The van der Waals surface area contributed by atoms with Gasteiger partial charge in [-0.3, -0.25) is 10.1 Å². The number of ether oxygens (including phenoxy) is 1. The molecule has 0 N–H and O–H groups in total. The third-order valence-electron chi connectivity index (χ3n) is 2.94. The summed E-state index contributed by atoms with van der Waals surface area (Å²) >= 11 is 6.12. The SMILES string of the molecule is CCCc1nn(-c2ccc(OCC)cc2)c(Cl)c1[N+](=O)[O-]. The average molecular weight is 310 g/mol. The number of rotatable bonds is 6. The number of aromatic nitrogens is 2. The molecule has 0 bridgehead atoms. The first-order chi connectivity index (χ1) is 10.1. The van der Waals surface area contributed by atoms with Crippen molar-refractivity contribution in [2.45, 2.75) is 26.7 Å². The zero-order valence-electron chi connectivity index (χ0n) is 11.9. The van der Waals surface area contributed by atoms with Gasteiger partial charge in [0, 0.05) is 0 Å².